The summed E-state index contributed by atoms with van der Waals surface area (Å²) in [5.74, 6) is -2.45. The molecule has 0 aliphatic heterocycles. The first kappa shape index (κ1) is 21.0. The number of rotatable bonds is 7. The van der Waals surface area contributed by atoms with Crippen LogP contribution >= 0.6 is 0 Å². The molecule has 0 saturated heterocycles. The van der Waals surface area contributed by atoms with Crippen LogP contribution in [0, 0.1) is 0 Å². The molecule has 1 amide bonds. The Labute approximate surface area is 173 Å². The Morgan fingerprint density at radius 1 is 0.933 bits per heavy atom. The van der Waals surface area contributed by atoms with Gasteiger partial charge in [0.15, 0.2) is 6.61 Å². The molecule has 0 aromatic heterocycles. The van der Waals surface area contributed by atoms with E-state index in [0.717, 1.165) is 5.56 Å². The minimum Gasteiger partial charge on any atom is -0.465 e. The number of benzene rings is 2. The number of esters is 3. The molecular formula is C22H21NO7. The van der Waals surface area contributed by atoms with Crippen molar-refractivity contribution in [2.24, 2.45) is 0 Å². The first-order chi connectivity index (χ1) is 14.4. The highest BCUT2D eigenvalue weighted by Crippen LogP contribution is 2.49. The van der Waals surface area contributed by atoms with Gasteiger partial charge in [0.1, 0.15) is 0 Å². The number of hydrogen-bond donors (Lipinski definition) is 1. The van der Waals surface area contributed by atoms with Crippen molar-refractivity contribution in [1.29, 1.82) is 0 Å². The highest BCUT2D eigenvalue weighted by Gasteiger charge is 2.52. The van der Waals surface area contributed by atoms with Crippen LogP contribution in [-0.4, -0.2) is 44.6 Å². The number of nitrogens with one attached hydrogen (secondary N) is 1. The quantitative estimate of drug-likeness (QED) is 0.551. The van der Waals surface area contributed by atoms with Crippen LogP contribution in [0.25, 0.3) is 0 Å². The molecule has 2 aromatic carbocycles. The average Bonchev–Trinajstić information content (AvgIpc) is 3.59. The second-order valence-electron chi connectivity index (χ2n) is 6.82. The van der Waals surface area contributed by atoms with Crippen LogP contribution in [0.3, 0.4) is 0 Å². The molecule has 0 atom stereocenters. The minimum absolute atomic E-state index is 0.0489. The Kier molecular flexibility index (Phi) is 6.15. The fourth-order valence-electron chi connectivity index (χ4n) is 3.13. The van der Waals surface area contributed by atoms with Crippen molar-refractivity contribution >= 4 is 29.5 Å². The summed E-state index contributed by atoms with van der Waals surface area (Å²) in [4.78, 5) is 48.6. The molecule has 2 aromatic rings. The molecule has 0 radical (unpaired) electrons. The van der Waals surface area contributed by atoms with Gasteiger partial charge in [0, 0.05) is 0 Å². The largest absolute Gasteiger partial charge is 0.465 e. The van der Waals surface area contributed by atoms with Gasteiger partial charge in [-0.3, -0.25) is 9.59 Å². The standard InChI is InChI=1S/C22H21NO7/c1-28-19(25)14-8-9-16(20(26)29-2)17(12-14)23-18(24)13-30-21(27)22(10-11-22)15-6-4-3-5-7-15/h3-9,12H,10-11,13H2,1-2H3,(H,23,24). The first-order valence-electron chi connectivity index (χ1n) is 9.24. The van der Waals surface area contributed by atoms with E-state index in [0.29, 0.717) is 12.8 Å². The van der Waals surface area contributed by atoms with Crippen molar-refractivity contribution in [3.8, 4) is 0 Å². The molecule has 8 nitrogen and oxygen atoms in total. The molecule has 0 heterocycles. The Bertz CT molecular complexity index is 980. The maximum atomic E-state index is 12.6. The normalized spacial score (nSPS) is 13.7. The summed E-state index contributed by atoms with van der Waals surface area (Å²) >= 11 is 0. The number of hydrogen-bond acceptors (Lipinski definition) is 7. The third-order valence-electron chi connectivity index (χ3n) is 4.92. The molecule has 0 unspecified atom stereocenters. The van der Waals surface area contributed by atoms with Gasteiger partial charge in [-0.25, -0.2) is 9.59 Å². The Morgan fingerprint density at radius 2 is 1.60 bits per heavy atom. The van der Waals surface area contributed by atoms with Gasteiger partial charge in [-0.2, -0.15) is 0 Å². The highest BCUT2D eigenvalue weighted by atomic mass is 16.5. The van der Waals surface area contributed by atoms with E-state index in [9.17, 15) is 19.2 Å². The zero-order valence-electron chi connectivity index (χ0n) is 16.6. The molecular weight excluding hydrogens is 390 g/mol. The topological polar surface area (TPSA) is 108 Å². The summed E-state index contributed by atoms with van der Waals surface area (Å²) in [6, 6.07) is 13.3. The maximum Gasteiger partial charge on any atom is 0.339 e. The molecule has 1 aliphatic carbocycles. The van der Waals surface area contributed by atoms with Crippen molar-refractivity contribution < 1.29 is 33.4 Å². The number of anilines is 1. The molecule has 156 valence electrons. The van der Waals surface area contributed by atoms with Crippen LogP contribution in [0.2, 0.25) is 0 Å². The van der Waals surface area contributed by atoms with Gasteiger partial charge in [-0.1, -0.05) is 30.3 Å². The maximum absolute atomic E-state index is 12.6. The first-order valence-corrected chi connectivity index (χ1v) is 9.24. The van der Waals surface area contributed by atoms with E-state index < -0.39 is 35.8 Å². The van der Waals surface area contributed by atoms with Crippen LogP contribution < -0.4 is 5.32 Å². The number of amides is 1. The number of ether oxygens (including phenoxy) is 3. The zero-order valence-corrected chi connectivity index (χ0v) is 16.6. The predicted octanol–water partition coefficient (Wildman–Crippen LogP) is 2.47. The van der Waals surface area contributed by atoms with E-state index >= 15 is 0 Å². The summed E-state index contributed by atoms with van der Waals surface area (Å²) in [6.45, 7) is -0.531. The smallest absolute Gasteiger partial charge is 0.339 e. The summed E-state index contributed by atoms with van der Waals surface area (Å²) in [5.41, 5.74) is 0.388. The lowest BCUT2D eigenvalue weighted by atomic mass is 9.96. The summed E-state index contributed by atoms with van der Waals surface area (Å²) in [7, 11) is 2.41. The van der Waals surface area contributed by atoms with Gasteiger partial charge < -0.3 is 19.5 Å². The second kappa shape index (κ2) is 8.77. The summed E-state index contributed by atoms with van der Waals surface area (Å²) < 4.78 is 14.6. The fourth-order valence-corrected chi connectivity index (χ4v) is 3.13. The van der Waals surface area contributed by atoms with E-state index in [4.69, 9.17) is 9.47 Å². The van der Waals surface area contributed by atoms with Gasteiger partial charge in [0.05, 0.1) is 36.4 Å². The molecule has 3 rings (SSSR count). The summed E-state index contributed by atoms with van der Waals surface area (Å²) in [5, 5.41) is 2.49. The lowest BCUT2D eigenvalue weighted by Crippen LogP contribution is -2.28. The Morgan fingerprint density at radius 3 is 2.20 bits per heavy atom. The number of methoxy groups -OCH3 is 2. The van der Waals surface area contributed by atoms with Gasteiger partial charge >= 0.3 is 17.9 Å². The Hall–Kier alpha value is -3.68. The van der Waals surface area contributed by atoms with Crippen molar-refractivity contribution in [3.05, 3.63) is 65.2 Å². The zero-order chi connectivity index (χ0) is 21.7. The highest BCUT2D eigenvalue weighted by molar-refractivity contribution is 6.04. The monoisotopic (exact) mass is 411 g/mol. The van der Waals surface area contributed by atoms with Gasteiger partial charge in [0.2, 0.25) is 0 Å². The molecule has 0 spiro atoms. The fraction of sp³-hybridized carbons (Fsp3) is 0.273. The molecule has 1 aliphatic rings. The Balaban J connectivity index is 1.69. The van der Waals surface area contributed by atoms with E-state index in [1.807, 2.05) is 30.3 Å². The van der Waals surface area contributed by atoms with Crippen molar-refractivity contribution in [2.45, 2.75) is 18.3 Å². The molecule has 1 fully saturated rings. The average molecular weight is 411 g/mol. The number of carbonyl (C=O) groups excluding carboxylic acids is 4. The van der Waals surface area contributed by atoms with E-state index in [-0.39, 0.29) is 16.8 Å². The minimum atomic E-state index is -0.705. The molecule has 1 N–H and O–H groups in total. The summed E-state index contributed by atoms with van der Waals surface area (Å²) in [6.07, 6.45) is 1.32. The third kappa shape index (κ3) is 4.32. The van der Waals surface area contributed by atoms with Crippen molar-refractivity contribution in [2.75, 3.05) is 26.1 Å². The number of carbonyl (C=O) groups is 4. The lowest BCUT2D eigenvalue weighted by Gasteiger charge is -2.15. The van der Waals surface area contributed by atoms with Crippen LogP contribution in [0.15, 0.2) is 48.5 Å². The predicted molar refractivity (Wildman–Crippen MR) is 106 cm³/mol. The van der Waals surface area contributed by atoms with E-state index in [1.54, 1.807) is 0 Å². The molecule has 1 saturated carbocycles. The lowest BCUT2D eigenvalue weighted by molar-refractivity contribution is -0.150. The molecule has 0 bridgehead atoms. The molecule has 30 heavy (non-hydrogen) atoms. The second-order valence-corrected chi connectivity index (χ2v) is 6.82. The van der Waals surface area contributed by atoms with Crippen LogP contribution in [-0.2, 0) is 29.2 Å². The van der Waals surface area contributed by atoms with E-state index in [2.05, 4.69) is 10.1 Å². The van der Waals surface area contributed by atoms with Gasteiger partial charge in [-0.05, 0) is 36.6 Å². The van der Waals surface area contributed by atoms with Crippen molar-refractivity contribution in [1.82, 2.24) is 0 Å². The van der Waals surface area contributed by atoms with Crippen LogP contribution in [0.5, 0.6) is 0 Å². The third-order valence-corrected chi connectivity index (χ3v) is 4.92. The van der Waals surface area contributed by atoms with Crippen LogP contribution in [0.1, 0.15) is 39.1 Å². The van der Waals surface area contributed by atoms with E-state index in [1.165, 1.54) is 32.4 Å². The SMILES string of the molecule is COC(=O)c1ccc(C(=O)OC)c(NC(=O)COC(=O)C2(c3ccccc3)CC2)c1. The van der Waals surface area contributed by atoms with Gasteiger partial charge in [-0.15, -0.1) is 0 Å². The molecule has 8 heteroatoms. The van der Waals surface area contributed by atoms with Crippen LogP contribution in [0.4, 0.5) is 5.69 Å². The van der Waals surface area contributed by atoms with Crippen molar-refractivity contribution in [3.63, 3.8) is 0 Å². The van der Waals surface area contributed by atoms with Gasteiger partial charge in [0.25, 0.3) is 5.91 Å².